The van der Waals surface area contributed by atoms with Crippen LogP contribution in [-0.2, 0) is 11.3 Å². The van der Waals surface area contributed by atoms with Gasteiger partial charge in [0.05, 0.1) is 10.2 Å². The van der Waals surface area contributed by atoms with Crippen molar-refractivity contribution in [1.82, 2.24) is 5.32 Å². The van der Waals surface area contributed by atoms with E-state index in [1.165, 1.54) is 0 Å². The Bertz CT molecular complexity index is 495. The lowest BCUT2D eigenvalue weighted by Gasteiger charge is -2.26. The van der Waals surface area contributed by atoms with Gasteiger partial charge in [0.15, 0.2) is 5.82 Å². The zero-order chi connectivity index (χ0) is 14.0. The molecule has 1 fully saturated rings. The Kier molecular flexibility index (Phi) is 4.42. The molecule has 19 heavy (non-hydrogen) atoms. The van der Waals surface area contributed by atoms with E-state index in [1.807, 2.05) is 4.90 Å². The topological polar surface area (TPSA) is 58.4 Å². The number of carbonyl (C=O) groups is 1. The molecule has 4 nitrogen and oxygen atoms in total. The Morgan fingerprint density at radius 2 is 2.37 bits per heavy atom. The number of nitrogens with one attached hydrogen (secondary N) is 1. The number of likely N-dealkylation sites (N-methyl/N-ethyl adjacent to an activating group) is 1. The fourth-order valence-corrected chi connectivity index (χ4v) is 2.95. The van der Waals surface area contributed by atoms with Crippen LogP contribution in [0.15, 0.2) is 16.6 Å². The average molecular weight is 330 g/mol. The summed E-state index contributed by atoms with van der Waals surface area (Å²) >= 11 is 3.23. The van der Waals surface area contributed by atoms with Crippen molar-refractivity contribution >= 4 is 27.5 Å². The van der Waals surface area contributed by atoms with Crippen molar-refractivity contribution in [2.24, 2.45) is 5.73 Å². The summed E-state index contributed by atoms with van der Waals surface area (Å²) in [4.78, 5) is 13.6. The van der Waals surface area contributed by atoms with E-state index in [1.54, 1.807) is 19.2 Å². The molecule has 1 aliphatic rings. The van der Waals surface area contributed by atoms with Crippen molar-refractivity contribution < 1.29 is 9.18 Å². The standard InChI is InChI=1S/C13H17BrFN3O/c1-17-13(19)10-3-2-6-18(10)9-5-4-8(7-16)11(14)12(9)15/h4-5,10H,2-3,6-7,16H2,1H3,(H,17,19). The van der Waals surface area contributed by atoms with Crippen molar-refractivity contribution in [2.75, 3.05) is 18.5 Å². The highest BCUT2D eigenvalue weighted by atomic mass is 79.9. The molecule has 2 rings (SSSR count). The molecule has 0 radical (unpaired) electrons. The summed E-state index contributed by atoms with van der Waals surface area (Å²) in [6, 6.07) is 3.20. The first-order valence-corrected chi connectivity index (χ1v) is 7.04. The summed E-state index contributed by atoms with van der Waals surface area (Å²) in [5.41, 5.74) is 6.72. The fraction of sp³-hybridized carbons (Fsp3) is 0.462. The third-order valence-electron chi connectivity index (χ3n) is 3.47. The van der Waals surface area contributed by atoms with Crippen molar-refractivity contribution in [3.8, 4) is 0 Å². The van der Waals surface area contributed by atoms with Crippen molar-refractivity contribution in [3.05, 3.63) is 28.0 Å². The Morgan fingerprint density at radius 3 is 3.00 bits per heavy atom. The van der Waals surface area contributed by atoms with Gasteiger partial charge in [-0.25, -0.2) is 4.39 Å². The maximum atomic E-state index is 14.4. The summed E-state index contributed by atoms with van der Waals surface area (Å²) in [6.07, 6.45) is 1.63. The van der Waals surface area contributed by atoms with Crippen LogP contribution in [0.25, 0.3) is 0 Å². The number of carbonyl (C=O) groups excluding carboxylic acids is 1. The van der Waals surface area contributed by atoms with E-state index in [0.29, 0.717) is 16.7 Å². The molecular weight excluding hydrogens is 313 g/mol. The first-order valence-electron chi connectivity index (χ1n) is 6.25. The summed E-state index contributed by atoms with van der Waals surface area (Å²) in [5.74, 6) is -0.422. The number of rotatable bonds is 3. The third-order valence-corrected chi connectivity index (χ3v) is 4.33. The number of nitrogens with two attached hydrogens (primary N) is 1. The number of nitrogens with zero attached hydrogens (tertiary/aromatic N) is 1. The molecule has 0 bridgehead atoms. The van der Waals surface area contributed by atoms with Crippen LogP contribution in [0.1, 0.15) is 18.4 Å². The van der Waals surface area contributed by atoms with E-state index in [2.05, 4.69) is 21.2 Å². The number of hydrogen-bond acceptors (Lipinski definition) is 3. The van der Waals surface area contributed by atoms with E-state index in [9.17, 15) is 9.18 Å². The van der Waals surface area contributed by atoms with Crippen molar-refractivity contribution in [2.45, 2.75) is 25.4 Å². The average Bonchev–Trinajstić information content (AvgIpc) is 2.90. The SMILES string of the molecule is CNC(=O)C1CCCN1c1ccc(CN)c(Br)c1F. The van der Waals surface area contributed by atoms with Crippen LogP contribution in [0.4, 0.5) is 10.1 Å². The molecule has 0 spiro atoms. The molecule has 1 aromatic carbocycles. The van der Waals surface area contributed by atoms with Crippen molar-refractivity contribution in [3.63, 3.8) is 0 Å². The number of halogens is 2. The lowest BCUT2D eigenvalue weighted by Crippen LogP contribution is -2.42. The molecule has 1 amide bonds. The van der Waals surface area contributed by atoms with Gasteiger partial charge in [-0.1, -0.05) is 6.07 Å². The predicted octanol–water partition coefficient (Wildman–Crippen LogP) is 1.76. The second-order valence-corrected chi connectivity index (χ2v) is 5.33. The monoisotopic (exact) mass is 329 g/mol. The van der Waals surface area contributed by atoms with E-state index >= 15 is 0 Å². The Labute approximate surface area is 120 Å². The number of amides is 1. The zero-order valence-corrected chi connectivity index (χ0v) is 12.3. The molecule has 6 heteroatoms. The molecular formula is C13H17BrFN3O. The van der Waals surface area contributed by atoms with E-state index < -0.39 is 0 Å². The Morgan fingerprint density at radius 1 is 1.63 bits per heavy atom. The fourth-order valence-electron chi connectivity index (χ4n) is 2.45. The first-order chi connectivity index (χ1) is 9.10. The molecule has 1 saturated heterocycles. The third kappa shape index (κ3) is 2.60. The smallest absolute Gasteiger partial charge is 0.242 e. The zero-order valence-electron chi connectivity index (χ0n) is 10.7. The first kappa shape index (κ1) is 14.3. The van der Waals surface area contributed by atoms with Gasteiger partial charge in [0, 0.05) is 20.1 Å². The van der Waals surface area contributed by atoms with Crippen LogP contribution in [-0.4, -0.2) is 25.5 Å². The van der Waals surface area contributed by atoms with Crippen LogP contribution >= 0.6 is 15.9 Å². The molecule has 1 aliphatic heterocycles. The second kappa shape index (κ2) is 5.88. The molecule has 0 aromatic heterocycles. The minimum Gasteiger partial charge on any atom is -0.357 e. The lowest BCUT2D eigenvalue weighted by molar-refractivity contribution is -0.121. The Hall–Kier alpha value is -1.14. The maximum Gasteiger partial charge on any atom is 0.242 e. The number of hydrogen-bond donors (Lipinski definition) is 2. The molecule has 1 unspecified atom stereocenters. The molecule has 0 saturated carbocycles. The number of anilines is 1. The largest absolute Gasteiger partial charge is 0.357 e. The van der Waals surface area contributed by atoms with E-state index in [0.717, 1.165) is 18.4 Å². The highest BCUT2D eigenvalue weighted by molar-refractivity contribution is 9.10. The molecule has 1 heterocycles. The van der Waals surface area contributed by atoms with Crippen LogP contribution in [0.5, 0.6) is 0 Å². The van der Waals surface area contributed by atoms with Gasteiger partial charge in [0.25, 0.3) is 0 Å². The van der Waals surface area contributed by atoms with E-state index in [-0.39, 0.29) is 24.3 Å². The second-order valence-electron chi connectivity index (χ2n) is 4.54. The maximum absolute atomic E-state index is 14.4. The van der Waals surface area contributed by atoms with Crippen molar-refractivity contribution in [1.29, 1.82) is 0 Å². The lowest BCUT2D eigenvalue weighted by atomic mass is 10.1. The van der Waals surface area contributed by atoms with Gasteiger partial charge in [-0.2, -0.15) is 0 Å². The summed E-state index contributed by atoms with van der Waals surface area (Å²) in [5, 5.41) is 2.63. The summed E-state index contributed by atoms with van der Waals surface area (Å²) in [7, 11) is 1.60. The molecule has 3 N–H and O–H groups in total. The highest BCUT2D eigenvalue weighted by Gasteiger charge is 2.32. The van der Waals surface area contributed by atoms with Crippen LogP contribution in [0.3, 0.4) is 0 Å². The van der Waals surface area contributed by atoms with Gasteiger partial charge >= 0.3 is 0 Å². The van der Waals surface area contributed by atoms with Crippen LogP contribution in [0.2, 0.25) is 0 Å². The van der Waals surface area contributed by atoms with Gasteiger partial charge in [0.2, 0.25) is 5.91 Å². The Balaban J connectivity index is 2.36. The minimum atomic E-state index is -0.348. The highest BCUT2D eigenvalue weighted by Crippen LogP contribution is 2.33. The van der Waals surface area contributed by atoms with Crippen LogP contribution in [0, 0.1) is 5.82 Å². The quantitative estimate of drug-likeness (QED) is 0.888. The normalized spacial score (nSPS) is 18.7. The van der Waals surface area contributed by atoms with Gasteiger partial charge in [-0.15, -0.1) is 0 Å². The summed E-state index contributed by atoms with van der Waals surface area (Å²) < 4.78 is 14.8. The molecule has 1 atom stereocenters. The summed E-state index contributed by atoms with van der Waals surface area (Å²) in [6.45, 7) is 0.958. The van der Waals surface area contributed by atoms with Gasteiger partial charge < -0.3 is 16.0 Å². The van der Waals surface area contributed by atoms with E-state index in [4.69, 9.17) is 5.73 Å². The molecule has 0 aliphatic carbocycles. The van der Waals surface area contributed by atoms with Gasteiger partial charge in [-0.3, -0.25) is 4.79 Å². The molecule has 104 valence electrons. The van der Waals surface area contributed by atoms with Gasteiger partial charge in [-0.05, 0) is 40.4 Å². The minimum absolute atomic E-state index is 0.0732. The number of benzene rings is 1. The van der Waals surface area contributed by atoms with Gasteiger partial charge in [0.1, 0.15) is 6.04 Å². The molecule has 1 aromatic rings. The predicted molar refractivity (Wildman–Crippen MR) is 76.4 cm³/mol. The van der Waals surface area contributed by atoms with Crippen LogP contribution < -0.4 is 16.0 Å².